The lowest BCUT2D eigenvalue weighted by molar-refractivity contribution is 0.0451. The molecule has 0 spiro atoms. The lowest BCUT2D eigenvalue weighted by atomic mass is 9.86. The van der Waals surface area contributed by atoms with E-state index >= 15 is 0 Å². The van der Waals surface area contributed by atoms with E-state index in [1.54, 1.807) is 36.2 Å². The first-order valence-electron chi connectivity index (χ1n) is 7.71. The van der Waals surface area contributed by atoms with Crippen LogP contribution in [0.5, 0.6) is 5.75 Å². The van der Waals surface area contributed by atoms with E-state index in [1.165, 1.54) is 0 Å². The van der Waals surface area contributed by atoms with Gasteiger partial charge in [-0.2, -0.15) is 0 Å². The summed E-state index contributed by atoms with van der Waals surface area (Å²) in [5, 5.41) is 10.0. The molecule has 1 aliphatic carbocycles. The van der Waals surface area contributed by atoms with Crippen molar-refractivity contribution in [1.29, 1.82) is 0 Å². The fraction of sp³-hybridized carbons (Fsp3) is 0.500. The molecule has 4 heteroatoms. The Morgan fingerprint density at radius 1 is 1.36 bits per heavy atom. The van der Waals surface area contributed by atoms with Gasteiger partial charge in [-0.15, -0.1) is 6.42 Å². The standard InChI is InChI=1S/C18H23NO3/c1-3-12-22-16-10-8-14(9-11-16)18(21)19(2)13-15-6-4-5-7-17(15)20/h1,8-11,15,17,20H,4-7,12-13H2,2H3. The van der Waals surface area contributed by atoms with E-state index in [2.05, 4.69) is 5.92 Å². The van der Waals surface area contributed by atoms with Crippen LogP contribution >= 0.6 is 0 Å². The Kier molecular flexibility index (Phi) is 5.85. The number of nitrogens with zero attached hydrogens (tertiary/aromatic N) is 1. The number of hydrogen-bond acceptors (Lipinski definition) is 3. The third-order valence-electron chi connectivity index (χ3n) is 4.15. The summed E-state index contributed by atoms with van der Waals surface area (Å²) in [7, 11) is 1.78. The maximum atomic E-state index is 12.4. The van der Waals surface area contributed by atoms with Gasteiger partial charge in [0, 0.05) is 25.1 Å². The molecule has 2 atom stereocenters. The van der Waals surface area contributed by atoms with Crippen molar-refractivity contribution in [3.05, 3.63) is 29.8 Å². The van der Waals surface area contributed by atoms with Gasteiger partial charge in [0.25, 0.3) is 5.91 Å². The molecule has 1 amide bonds. The first-order chi connectivity index (χ1) is 10.6. The smallest absolute Gasteiger partial charge is 0.253 e. The average Bonchev–Trinajstić information content (AvgIpc) is 2.55. The number of rotatable bonds is 5. The lowest BCUT2D eigenvalue weighted by Gasteiger charge is -2.31. The highest BCUT2D eigenvalue weighted by Crippen LogP contribution is 2.25. The molecule has 0 saturated heterocycles. The third-order valence-corrected chi connectivity index (χ3v) is 4.15. The quantitative estimate of drug-likeness (QED) is 0.849. The van der Waals surface area contributed by atoms with Crippen LogP contribution in [-0.2, 0) is 0 Å². The molecule has 2 rings (SSSR count). The summed E-state index contributed by atoms with van der Waals surface area (Å²) in [6.07, 6.45) is 8.88. The van der Waals surface area contributed by atoms with Crippen molar-refractivity contribution >= 4 is 5.91 Å². The molecular weight excluding hydrogens is 278 g/mol. The van der Waals surface area contributed by atoms with E-state index in [9.17, 15) is 9.90 Å². The molecule has 0 aromatic heterocycles. The largest absolute Gasteiger partial charge is 0.481 e. The highest BCUT2D eigenvalue weighted by Gasteiger charge is 2.25. The first kappa shape index (κ1) is 16.4. The van der Waals surface area contributed by atoms with Crippen molar-refractivity contribution in [1.82, 2.24) is 4.90 Å². The highest BCUT2D eigenvalue weighted by atomic mass is 16.5. The molecule has 1 N–H and O–H groups in total. The predicted molar refractivity (Wildman–Crippen MR) is 85.7 cm³/mol. The van der Waals surface area contributed by atoms with Gasteiger partial charge in [0.1, 0.15) is 12.4 Å². The molecule has 22 heavy (non-hydrogen) atoms. The molecular formula is C18H23NO3. The van der Waals surface area contributed by atoms with E-state index in [-0.39, 0.29) is 24.5 Å². The number of ether oxygens (including phenoxy) is 1. The zero-order valence-electron chi connectivity index (χ0n) is 13.0. The monoisotopic (exact) mass is 301 g/mol. The SMILES string of the molecule is C#CCOc1ccc(C(=O)N(C)CC2CCCCC2O)cc1. The van der Waals surface area contributed by atoms with Gasteiger partial charge in [-0.05, 0) is 37.1 Å². The summed E-state index contributed by atoms with van der Waals surface area (Å²) in [6, 6.07) is 6.96. The molecule has 1 aromatic carbocycles. The van der Waals surface area contributed by atoms with Crippen LogP contribution in [0.3, 0.4) is 0 Å². The molecule has 0 radical (unpaired) electrons. The first-order valence-corrected chi connectivity index (χ1v) is 7.71. The number of amides is 1. The Morgan fingerprint density at radius 3 is 2.68 bits per heavy atom. The van der Waals surface area contributed by atoms with Crippen LogP contribution in [0.4, 0.5) is 0 Å². The fourth-order valence-electron chi connectivity index (χ4n) is 2.87. The van der Waals surface area contributed by atoms with E-state index in [0.717, 1.165) is 25.7 Å². The van der Waals surface area contributed by atoms with Crippen molar-refractivity contribution < 1.29 is 14.6 Å². The van der Waals surface area contributed by atoms with E-state index in [0.29, 0.717) is 17.9 Å². The summed E-state index contributed by atoms with van der Waals surface area (Å²) in [5.74, 6) is 3.19. The summed E-state index contributed by atoms with van der Waals surface area (Å²) < 4.78 is 5.29. The summed E-state index contributed by atoms with van der Waals surface area (Å²) in [6.45, 7) is 0.808. The van der Waals surface area contributed by atoms with Gasteiger partial charge in [-0.3, -0.25) is 4.79 Å². The minimum Gasteiger partial charge on any atom is -0.481 e. The number of aliphatic hydroxyl groups excluding tert-OH is 1. The minimum atomic E-state index is -0.288. The number of carbonyl (C=O) groups is 1. The summed E-state index contributed by atoms with van der Waals surface area (Å²) in [4.78, 5) is 14.1. The van der Waals surface area contributed by atoms with Crippen molar-refractivity contribution in [2.24, 2.45) is 5.92 Å². The van der Waals surface area contributed by atoms with Crippen molar-refractivity contribution in [2.45, 2.75) is 31.8 Å². The number of hydrogen-bond donors (Lipinski definition) is 1. The Hall–Kier alpha value is -1.99. The lowest BCUT2D eigenvalue weighted by Crippen LogP contribution is -2.38. The maximum absolute atomic E-state index is 12.4. The molecule has 1 aliphatic rings. The molecule has 4 nitrogen and oxygen atoms in total. The molecule has 118 valence electrons. The topological polar surface area (TPSA) is 49.8 Å². The van der Waals surface area contributed by atoms with Crippen LogP contribution in [-0.4, -0.2) is 42.2 Å². The minimum absolute atomic E-state index is 0.0405. The van der Waals surface area contributed by atoms with E-state index in [4.69, 9.17) is 11.2 Å². The molecule has 1 aromatic rings. The van der Waals surface area contributed by atoms with Gasteiger partial charge in [0.2, 0.25) is 0 Å². The second-order valence-corrected chi connectivity index (χ2v) is 5.81. The van der Waals surface area contributed by atoms with E-state index < -0.39 is 0 Å². The Bertz CT molecular complexity index is 532. The number of benzene rings is 1. The number of terminal acetylenes is 1. The predicted octanol–water partition coefficient (Wildman–Crippen LogP) is 2.32. The summed E-state index contributed by atoms with van der Waals surface area (Å²) >= 11 is 0. The second-order valence-electron chi connectivity index (χ2n) is 5.81. The Balaban J connectivity index is 1.93. The third kappa shape index (κ3) is 4.25. The van der Waals surface area contributed by atoms with Crippen LogP contribution in [0.2, 0.25) is 0 Å². The second kappa shape index (κ2) is 7.86. The summed E-state index contributed by atoms with van der Waals surface area (Å²) in [5.41, 5.74) is 0.612. The van der Waals surface area contributed by atoms with Gasteiger partial charge in [0.15, 0.2) is 0 Å². The zero-order valence-corrected chi connectivity index (χ0v) is 13.0. The van der Waals surface area contributed by atoms with Gasteiger partial charge in [-0.25, -0.2) is 0 Å². The van der Waals surface area contributed by atoms with Crippen molar-refractivity contribution in [3.63, 3.8) is 0 Å². The molecule has 0 heterocycles. The number of aliphatic hydroxyl groups is 1. The van der Waals surface area contributed by atoms with Crippen LogP contribution in [0.1, 0.15) is 36.0 Å². The van der Waals surface area contributed by atoms with Crippen LogP contribution < -0.4 is 4.74 Å². The maximum Gasteiger partial charge on any atom is 0.253 e. The van der Waals surface area contributed by atoms with Crippen LogP contribution in [0.15, 0.2) is 24.3 Å². The van der Waals surface area contributed by atoms with Gasteiger partial charge >= 0.3 is 0 Å². The fourth-order valence-corrected chi connectivity index (χ4v) is 2.87. The molecule has 0 aliphatic heterocycles. The van der Waals surface area contributed by atoms with Crippen LogP contribution in [0.25, 0.3) is 0 Å². The normalized spacial score (nSPS) is 21.0. The Labute approximate surface area is 132 Å². The average molecular weight is 301 g/mol. The molecule has 0 bridgehead atoms. The van der Waals surface area contributed by atoms with Gasteiger partial charge in [0.05, 0.1) is 6.10 Å². The molecule has 1 fully saturated rings. The number of carbonyl (C=O) groups excluding carboxylic acids is 1. The Morgan fingerprint density at radius 2 is 2.05 bits per heavy atom. The van der Waals surface area contributed by atoms with Crippen LogP contribution in [0, 0.1) is 18.3 Å². The molecule has 1 saturated carbocycles. The molecule has 2 unspecified atom stereocenters. The highest BCUT2D eigenvalue weighted by molar-refractivity contribution is 5.94. The van der Waals surface area contributed by atoms with Gasteiger partial charge < -0.3 is 14.7 Å². The van der Waals surface area contributed by atoms with Gasteiger partial charge in [-0.1, -0.05) is 18.8 Å². The van der Waals surface area contributed by atoms with Crippen molar-refractivity contribution in [3.8, 4) is 18.1 Å². The van der Waals surface area contributed by atoms with E-state index in [1.807, 2.05) is 0 Å². The zero-order chi connectivity index (χ0) is 15.9. The van der Waals surface area contributed by atoms with Crippen molar-refractivity contribution in [2.75, 3.05) is 20.2 Å².